The van der Waals surface area contributed by atoms with E-state index in [2.05, 4.69) is 24.4 Å². The number of amides is 1. The Morgan fingerprint density at radius 1 is 0.862 bits per heavy atom. The van der Waals surface area contributed by atoms with E-state index in [1.54, 1.807) is 19.0 Å². The number of nitrogens with zero attached hydrogens (tertiary/aromatic N) is 1. The summed E-state index contributed by atoms with van der Waals surface area (Å²) >= 11 is 0. The molecule has 0 aliphatic rings. The van der Waals surface area contributed by atoms with E-state index in [0.29, 0.717) is 19.4 Å². The van der Waals surface area contributed by atoms with Crippen LogP contribution < -0.4 is 5.32 Å². The predicted molar refractivity (Wildman–Crippen MR) is 122 cm³/mol. The summed E-state index contributed by atoms with van der Waals surface area (Å²) in [6.07, 6.45) is 21.1. The van der Waals surface area contributed by atoms with Crippen LogP contribution in [-0.2, 0) is 9.59 Å². The largest absolute Gasteiger partial charge is 0.480 e. The number of aliphatic carboxylic acids is 1. The maximum atomic E-state index is 11.8. The van der Waals surface area contributed by atoms with Gasteiger partial charge in [-0.15, -0.1) is 0 Å². The zero-order valence-electron chi connectivity index (χ0n) is 19.3. The van der Waals surface area contributed by atoms with Crippen LogP contribution in [0.5, 0.6) is 0 Å². The number of carbonyl (C=O) groups excluding carboxylic acids is 1. The van der Waals surface area contributed by atoms with Gasteiger partial charge < -0.3 is 10.4 Å². The maximum absolute atomic E-state index is 11.8. The van der Waals surface area contributed by atoms with Gasteiger partial charge >= 0.3 is 5.97 Å². The Hall–Kier alpha value is -1.36. The van der Waals surface area contributed by atoms with E-state index in [9.17, 15) is 9.59 Å². The predicted octanol–water partition coefficient (Wildman–Crippen LogP) is 5.55. The molecule has 1 amide bonds. The van der Waals surface area contributed by atoms with Crippen molar-refractivity contribution in [3.63, 3.8) is 0 Å². The van der Waals surface area contributed by atoms with Crippen molar-refractivity contribution in [2.75, 3.05) is 20.6 Å². The summed E-state index contributed by atoms with van der Waals surface area (Å²) < 4.78 is 0. The summed E-state index contributed by atoms with van der Waals surface area (Å²) in [6.45, 7) is 2.89. The van der Waals surface area contributed by atoms with Crippen molar-refractivity contribution in [3.05, 3.63) is 12.2 Å². The van der Waals surface area contributed by atoms with Gasteiger partial charge in [-0.2, -0.15) is 0 Å². The highest BCUT2D eigenvalue weighted by Crippen LogP contribution is 2.09. The van der Waals surface area contributed by atoms with Gasteiger partial charge in [-0.1, -0.05) is 57.6 Å². The zero-order valence-corrected chi connectivity index (χ0v) is 19.3. The minimum absolute atomic E-state index is 0.121. The van der Waals surface area contributed by atoms with Crippen LogP contribution in [-0.4, -0.2) is 48.6 Å². The maximum Gasteiger partial charge on any atom is 0.320 e. The summed E-state index contributed by atoms with van der Waals surface area (Å²) in [4.78, 5) is 24.7. The first-order chi connectivity index (χ1) is 14.0. The molecule has 0 aromatic heterocycles. The Balaban J connectivity index is 3.43. The van der Waals surface area contributed by atoms with Crippen LogP contribution in [0.3, 0.4) is 0 Å². The van der Waals surface area contributed by atoms with Gasteiger partial charge in [0.25, 0.3) is 0 Å². The van der Waals surface area contributed by atoms with Gasteiger partial charge in [-0.25, -0.2) is 0 Å². The van der Waals surface area contributed by atoms with Crippen LogP contribution in [0.4, 0.5) is 0 Å². The molecule has 0 fully saturated rings. The molecule has 0 aromatic carbocycles. The van der Waals surface area contributed by atoms with Gasteiger partial charge in [0.1, 0.15) is 6.04 Å². The van der Waals surface area contributed by atoms with Gasteiger partial charge in [0.2, 0.25) is 5.91 Å². The number of carboxylic acids is 1. The Bertz CT molecular complexity index is 436. The lowest BCUT2D eigenvalue weighted by Gasteiger charge is -2.19. The Morgan fingerprint density at radius 3 is 2.00 bits per heavy atom. The van der Waals surface area contributed by atoms with Gasteiger partial charge in [0.15, 0.2) is 0 Å². The number of hydrogen-bond acceptors (Lipinski definition) is 3. The average molecular weight is 411 g/mol. The fraction of sp³-hybridized carbons (Fsp3) is 0.833. The first-order valence-corrected chi connectivity index (χ1v) is 11.8. The van der Waals surface area contributed by atoms with E-state index >= 15 is 0 Å². The molecule has 0 aliphatic heterocycles. The standard InChI is InChI=1S/C24H46N2O3/c1-4-5-6-7-8-9-10-11-12-13-14-15-16-20-23(27)25-21-18-17-19-22(24(28)29)26(2)3/h10-11,22H,4-9,12-21H2,1-3H3,(H,25,27)(H,28,29)/b11-10+/t22-/m0/s1. The number of nitrogens with one attached hydrogen (secondary N) is 1. The highest BCUT2D eigenvalue weighted by molar-refractivity contribution is 5.75. The first kappa shape index (κ1) is 27.6. The molecule has 29 heavy (non-hydrogen) atoms. The van der Waals surface area contributed by atoms with Gasteiger partial charge in [0, 0.05) is 13.0 Å². The minimum Gasteiger partial charge on any atom is -0.480 e. The molecule has 5 nitrogen and oxygen atoms in total. The second-order valence-corrected chi connectivity index (χ2v) is 8.29. The van der Waals surface area contributed by atoms with Crippen LogP contribution in [0, 0.1) is 0 Å². The van der Waals surface area contributed by atoms with E-state index in [4.69, 9.17) is 5.11 Å². The van der Waals surface area contributed by atoms with E-state index in [-0.39, 0.29) is 5.91 Å². The quantitative estimate of drug-likeness (QED) is 0.204. The monoisotopic (exact) mass is 410 g/mol. The topological polar surface area (TPSA) is 69.6 Å². The number of allylic oxidation sites excluding steroid dienone is 2. The van der Waals surface area contributed by atoms with Crippen LogP contribution >= 0.6 is 0 Å². The number of rotatable bonds is 20. The van der Waals surface area contributed by atoms with Crippen LogP contribution in [0.1, 0.15) is 103 Å². The molecule has 170 valence electrons. The number of unbranched alkanes of at least 4 members (excludes halogenated alkanes) is 10. The Labute approximate surface area is 179 Å². The minimum atomic E-state index is -0.781. The summed E-state index contributed by atoms with van der Waals surface area (Å²) in [5.74, 6) is -0.660. The molecule has 0 bridgehead atoms. The van der Waals surface area contributed by atoms with Gasteiger partial charge in [0.05, 0.1) is 0 Å². The molecule has 0 spiro atoms. The Kier molecular flexibility index (Phi) is 19.0. The smallest absolute Gasteiger partial charge is 0.320 e. The number of likely N-dealkylation sites (N-methyl/N-ethyl adjacent to an activating group) is 1. The molecule has 0 saturated heterocycles. The van der Waals surface area contributed by atoms with Crippen molar-refractivity contribution in [2.24, 2.45) is 0 Å². The second kappa shape index (κ2) is 19.9. The van der Waals surface area contributed by atoms with Crippen LogP contribution in [0.15, 0.2) is 12.2 Å². The van der Waals surface area contributed by atoms with Crippen molar-refractivity contribution >= 4 is 11.9 Å². The zero-order chi connectivity index (χ0) is 21.7. The first-order valence-electron chi connectivity index (χ1n) is 11.8. The lowest BCUT2D eigenvalue weighted by atomic mass is 10.1. The molecule has 1 atom stereocenters. The summed E-state index contributed by atoms with van der Waals surface area (Å²) in [5.41, 5.74) is 0. The molecule has 0 aromatic rings. The molecular weight excluding hydrogens is 364 g/mol. The lowest BCUT2D eigenvalue weighted by Crippen LogP contribution is -2.35. The molecule has 0 aliphatic carbocycles. The van der Waals surface area contributed by atoms with Crippen LogP contribution in [0.25, 0.3) is 0 Å². The number of carboxylic acid groups (broad SMARTS) is 1. The van der Waals surface area contributed by atoms with Crippen molar-refractivity contribution in [1.82, 2.24) is 10.2 Å². The molecule has 5 heteroatoms. The Morgan fingerprint density at radius 2 is 1.45 bits per heavy atom. The molecule has 0 radical (unpaired) electrons. The van der Waals surface area contributed by atoms with Crippen molar-refractivity contribution in [2.45, 2.75) is 109 Å². The van der Waals surface area contributed by atoms with Gasteiger partial charge in [-0.05, 0) is 65.5 Å². The van der Waals surface area contributed by atoms with Crippen molar-refractivity contribution < 1.29 is 14.7 Å². The average Bonchev–Trinajstić information content (AvgIpc) is 2.67. The molecule has 0 heterocycles. The molecule has 0 rings (SSSR count). The van der Waals surface area contributed by atoms with E-state index < -0.39 is 12.0 Å². The SMILES string of the molecule is CCCCCCC/C=C/CCCCCCC(=O)NCCCC[C@@H](C(=O)O)N(C)C. The second-order valence-electron chi connectivity index (χ2n) is 8.29. The third-order valence-electron chi connectivity index (χ3n) is 5.30. The van der Waals surface area contributed by atoms with E-state index in [1.807, 2.05) is 0 Å². The summed E-state index contributed by atoms with van der Waals surface area (Å²) in [6, 6.07) is -0.439. The molecule has 0 unspecified atom stereocenters. The molecule has 2 N–H and O–H groups in total. The fourth-order valence-electron chi connectivity index (χ4n) is 3.38. The molecular formula is C24H46N2O3. The number of carbonyl (C=O) groups is 2. The summed E-state index contributed by atoms with van der Waals surface area (Å²) in [5, 5.41) is 12.1. The number of hydrogen-bond donors (Lipinski definition) is 2. The fourth-order valence-corrected chi connectivity index (χ4v) is 3.38. The highest BCUT2D eigenvalue weighted by atomic mass is 16.4. The van der Waals surface area contributed by atoms with Crippen LogP contribution in [0.2, 0.25) is 0 Å². The normalized spacial score (nSPS) is 12.6. The molecule has 0 saturated carbocycles. The van der Waals surface area contributed by atoms with Crippen molar-refractivity contribution in [1.29, 1.82) is 0 Å². The van der Waals surface area contributed by atoms with E-state index in [1.165, 1.54) is 51.4 Å². The third-order valence-corrected chi connectivity index (χ3v) is 5.30. The van der Waals surface area contributed by atoms with Crippen molar-refractivity contribution in [3.8, 4) is 0 Å². The lowest BCUT2D eigenvalue weighted by molar-refractivity contribution is -0.142. The summed E-state index contributed by atoms with van der Waals surface area (Å²) in [7, 11) is 3.57. The van der Waals surface area contributed by atoms with E-state index in [0.717, 1.165) is 32.1 Å². The highest BCUT2D eigenvalue weighted by Gasteiger charge is 2.18. The third kappa shape index (κ3) is 18.4. The van der Waals surface area contributed by atoms with Gasteiger partial charge in [-0.3, -0.25) is 14.5 Å².